The van der Waals surface area contributed by atoms with Gasteiger partial charge in [0.25, 0.3) is 5.91 Å². The van der Waals surface area contributed by atoms with E-state index in [1.165, 1.54) is 11.3 Å². The van der Waals surface area contributed by atoms with E-state index in [1.54, 1.807) is 0 Å². The first-order chi connectivity index (χ1) is 9.47. The maximum atomic E-state index is 11.4. The molecule has 0 fully saturated rings. The van der Waals surface area contributed by atoms with Crippen LogP contribution in [0.25, 0.3) is 0 Å². The van der Waals surface area contributed by atoms with E-state index in [0.29, 0.717) is 12.5 Å². The van der Waals surface area contributed by atoms with E-state index in [0.717, 1.165) is 5.56 Å². The quantitative estimate of drug-likeness (QED) is 0.776. The number of hydrogen-bond acceptors (Lipinski definition) is 5. The summed E-state index contributed by atoms with van der Waals surface area (Å²) in [6, 6.07) is 1.23. The smallest absolute Gasteiger partial charge is 0.321 e. The van der Waals surface area contributed by atoms with Gasteiger partial charge in [-0.05, 0) is 28.3 Å². The summed E-state index contributed by atoms with van der Waals surface area (Å²) in [5.41, 5.74) is 0.843. The van der Waals surface area contributed by atoms with Crippen molar-refractivity contribution in [1.29, 1.82) is 0 Å². The summed E-state index contributed by atoms with van der Waals surface area (Å²) in [7, 11) is 0. The first-order valence-electron chi connectivity index (χ1n) is 6.21. The second-order valence-corrected chi connectivity index (χ2v) is 5.40. The van der Waals surface area contributed by atoms with Gasteiger partial charge in [0.15, 0.2) is 6.61 Å². The van der Waals surface area contributed by atoms with Gasteiger partial charge in [0.2, 0.25) is 0 Å². The van der Waals surface area contributed by atoms with Gasteiger partial charge in [-0.3, -0.25) is 14.9 Å². The summed E-state index contributed by atoms with van der Waals surface area (Å²) in [4.78, 5) is 34.1. The summed E-state index contributed by atoms with van der Waals surface area (Å²) in [5, 5.41) is 8.30. The Labute approximate surface area is 121 Å². The lowest BCUT2D eigenvalue weighted by molar-refractivity contribution is -0.147. The predicted octanol–water partition coefficient (Wildman–Crippen LogP) is 1.32. The molecule has 0 saturated heterocycles. The predicted molar refractivity (Wildman–Crippen MR) is 75.4 cm³/mol. The number of rotatable bonds is 6. The second-order valence-electron chi connectivity index (χ2n) is 4.62. The van der Waals surface area contributed by atoms with Crippen LogP contribution in [0.1, 0.15) is 19.4 Å². The van der Waals surface area contributed by atoms with Crippen LogP contribution in [-0.2, 0) is 20.7 Å². The number of carbonyl (C=O) groups is 3. The summed E-state index contributed by atoms with van der Waals surface area (Å²) >= 11 is 1.48. The van der Waals surface area contributed by atoms with E-state index in [9.17, 15) is 14.4 Å². The molecule has 7 heteroatoms. The van der Waals surface area contributed by atoms with Gasteiger partial charge in [0, 0.05) is 6.54 Å². The van der Waals surface area contributed by atoms with Gasteiger partial charge in [0.05, 0.1) is 6.42 Å². The molecule has 1 aromatic heterocycles. The number of ether oxygens (including phenoxy) is 1. The highest BCUT2D eigenvalue weighted by molar-refractivity contribution is 7.07. The van der Waals surface area contributed by atoms with Gasteiger partial charge in [0.1, 0.15) is 0 Å². The monoisotopic (exact) mass is 298 g/mol. The second kappa shape index (κ2) is 8.31. The molecule has 1 heterocycles. The van der Waals surface area contributed by atoms with Crippen molar-refractivity contribution in [3.05, 3.63) is 22.4 Å². The number of imide groups is 1. The number of carbonyl (C=O) groups excluding carboxylic acids is 3. The van der Waals surface area contributed by atoms with Crippen LogP contribution in [-0.4, -0.2) is 31.1 Å². The van der Waals surface area contributed by atoms with Crippen LogP contribution in [0.4, 0.5) is 4.79 Å². The molecule has 2 N–H and O–H groups in total. The van der Waals surface area contributed by atoms with Gasteiger partial charge in [-0.1, -0.05) is 13.8 Å². The highest BCUT2D eigenvalue weighted by Crippen LogP contribution is 2.06. The van der Waals surface area contributed by atoms with Crippen molar-refractivity contribution in [2.24, 2.45) is 5.92 Å². The topological polar surface area (TPSA) is 84.5 Å². The molecule has 1 rings (SSSR count). The van der Waals surface area contributed by atoms with Crippen LogP contribution < -0.4 is 10.6 Å². The molecular formula is C13H18N2O4S. The number of thiophene rings is 1. The van der Waals surface area contributed by atoms with E-state index in [4.69, 9.17) is 4.74 Å². The Bertz CT molecular complexity index is 457. The lowest BCUT2D eigenvalue weighted by Gasteiger charge is -2.08. The van der Waals surface area contributed by atoms with Crippen LogP contribution in [0.3, 0.4) is 0 Å². The van der Waals surface area contributed by atoms with Crippen LogP contribution in [0.5, 0.6) is 0 Å². The average Bonchev–Trinajstić information content (AvgIpc) is 2.86. The molecule has 0 spiro atoms. The Morgan fingerprint density at radius 2 is 2.10 bits per heavy atom. The van der Waals surface area contributed by atoms with Crippen LogP contribution >= 0.6 is 11.3 Å². The molecule has 110 valence electrons. The lowest BCUT2D eigenvalue weighted by atomic mass is 10.2. The van der Waals surface area contributed by atoms with Crippen molar-refractivity contribution in [1.82, 2.24) is 10.6 Å². The van der Waals surface area contributed by atoms with E-state index in [1.807, 2.05) is 30.7 Å². The summed E-state index contributed by atoms with van der Waals surface area (Å²) in [6.45, 7) is 3.89. The van der Waals surface area contributed by atoms with E-state index in [-0.39, 0.29) is 6.42 Å². The lowest BCUT2D eigenvalue weighted by Crippen LogP contribution is -2.42. The van der Waals surface area contributed by atoms with Crippen LogP contribution in [0, 0.1) is 5.92 Å². The minimum atomic E-state index is -0.648. The van der Waals surface area contributed by atoms with Crippen molar-refractivity contribution < 1.29 is 19.1 Å². The van der Waals surface area contributed by atoms with Crippen LogP contribution in [0.2, 0.25) is 0 Å². The van der Waals surface area contributed by atoms with Gasteiger partial charge in [-0.25, -0.2) is 4.79 Å². The maximum Gasteiger partial charge on any atom is 0.321 e. The number of hydrogen-bond donors (Lipinski definition) is 2. The molecule has 1 aromatic rings. The molecular weight excluding hydrogens is 280 g/mol. The van der Waals surface area contributed by atoms with E-state index < -0.39 is 24.5 Å². The minimum Gasteiger partial charge on any atom is -0.455 e. The molecule has 0 aliphatic heterocycles. The molecule has 0 saturated carbocycles. The first kappa shape index (κ1) is 16.2. The summed E-state index contributed by atoms with van der Waals surface area (Å²) < 4.78 is 4.78. The van der Waals surface area contributed by atoms with Gasteiger partial charge < -0.3 is 10.1 Å². The zero-order valence-electron chi connectivity index (χ0n) is 11.5. The Morgan fingerprint density at radius 1 is 1.35 bits per heavy atom. The zero-order chi connectivity index (χ0) is 15.0. The molecule has 0 aliphatic rings. The number of nitrogens with one attached hydrogen (secondary N) is 2. The molecule has 0 radical (unpaired) electrons. The first-order valence-corrected chi connectivity index (χ1v) is 7.16. The highest BCUT2D eigenvalue weighted by Gasteiger charge is 2.11. The minimum absolute atomic E-state index is 0.121. The Kier molecular flexibility index (Phi) is 6.72. The molecule has 0 aromatic carbocycles. The fourth-order valence-corrected chi connectivity index (χ4v) is 1.93. The molecule has 0 aliphatic carbocycles. The number of esters is 1. The summed E-state index contributed by atoms with van der Waals surface area (Å²) in [6.07, 6.45) is 0.121. The number of amides is 3. The zero-order valence-corrected chi connectivity index (χ0v) is 12.3. The van der Waals surface area contributed by atoms with E-state index in [2.05, 4.69) is 10.6 Å². The van der Waals surface area contributed by atoms with Crippen LogP contribution in [0.15, 0.2) is 16.8 Å². The SMILES string of the molecule is CC(C)CNC(=O)NC(=O)COC(=O)Cc1ccsc1. The third-order valence-corrected chi connectivity index (χ3v) is 2.95. The van der Waals surface area contributed by atoms with Crippen molar-refractivity contribution in [2.45, 2.75) is 20.3 Å². The Balaban J connectivity index is 2.19. The molecule has 3 amide bonds. The van der Waals surface area contributed by atoms with Crippen molar-refractivity contribution >= 4 is 29.2 Å². The van der Waals surface area contributed by atoms with Crippen molar-refractivity contribution in [3.8, 4) is 0 Å². The third kappa shape index (κ3) is 6.89. The fraction of sp³-hybridized carbons (Fsp3) is 0.462. The van der Waals surface area contributed by atoms with Gasteiger partial charge in [-0.15, -0.1) is 0 Å². The molecule has 0 bridgehead atoms. The molecule has 20 heavy (non-hydrogen) atoms. The summed E-state index contributed by atoms with van der Waals surface area (Å²) in [5.74, 6) is -0.856. The molecule has 6 nitrogen and oxygen atoms in total. The van der Waals surface area contributed by atoms with E-state index >= 15 is 0 Å². The van der Waals surface area contributed by atoms with Crippen molar-refractivity contribution in [2.75, 3.05) is 13.2 Å². The fourth-order valence-electron chi connectivity index (χ4n) is 1.26. The average molecular weight is 298 g/mol. The Hall–Kier alpha value is -1.89. The Morgan fingerprint density at radius 3 is 2.70 bits per heavy atom. The number of urea groups is 1. The standard InChI is InChI=1S/C13H18N2O4S/c1-9(2)6-14-13(18)15-11(16)7-19-12(17)5-10-3-4-20-8-10/h3-4,8-9H,5-7H2,1-2H3,(H2,14,15,16,18). The normalized spacial score (nSPS) is 10.2. The van der Waals surface area contributed by atoms with Gasteiger partial charge in [-0.2, -0.15) is 11.3 Å². The van der Waals surface area contributed by atoms with Crippen molar-refractivity contribution in [3.63, 3.8) is 0 Å². The third-order valence-electron chi connectivity index (χ3n) is 2.22. The maximum absolute atomic E-state index is 11.4. The largest absolute Gasteiger partial charge is 0.455 e. The molecule has 0 unspecified atom stereocenters. The van der Waals surface area contributed by atoms with Gasteiger partial charge >= 0.3 is 12.0 Å². The highest BCUT2D eigenvalue weighted by atomic mass is 32.1. The molecule has 0 atom stereocenters.